The summed E-state index contributed by atoms with van der Waals surface area (Å²) in [6.45, 7) is 4.07. The maximum atomic E-state index is 5.27. The van der Waals surface area contributed by atoms with Gasteiger partial charge in [0.05, 0.1) is 20.4 Å². The van der Waals surface area contributed by atoms with Crippen LogP contribution >= 0.6 is 12.2 Å². The highest BCUT2D eigenvalue weighted by Crippen LogP contribution is 2.26. The predicted molar refractivity (Wildman–Crippen MR) is 84.0 cm³/mol. The van der Waals surface area contributed by atoms with Gasteiger partial charge in [0.15, 0.2) is 17.3 Å². The minimum Gasteiger partial charge on any atom is -0.493 e. The Balaban J connectivity index is 2.34. The van der Waals surface area contributed by atoms with E-state index in [1.807, 2.05) is 32.0 Å². The number of rotatable bonds is 5. The molecule has 0 aliphatic heterocycles. The predicted octanol–water partition coefficient (Wildman–Crippen LogP) is 2.96. The number of H-pyrrole nitrogens is 1. The second kappa shape index (κ2) is 6.53. The normalized spacial score (nSPS) is 11.3. The molecule has 0 bridgehead atoms. The van der Waals surface area contributed by atoms with Crippen LogP contribution in [0.3, 0.4) is 0 Å². The largest absolute Gasteiger partial charge is 0.493 e. The maximum absolute atomic E-state index is 5.27. The smallest absolute Gasteiger partial charge is 0.216 e. The first kappa shape index (κ1) is 15.2. The van der Waals surface area contributed by atoms with Crippen molar-refractivity contribution in [1.29, 1.82) is 0 Å². The monoisotopic (exact) mass is 306 g/mol. The van der Waals surface area contributed by atoms with E-state index >= 15 is 0 Å². The Morgan fingerprint density at radius 2 is 2.00 bits per heavy atom. The molecular formula is C14H18N4O2S. The average molecular weight is 306 g/mol. The van der Waals surface area contributed by atoms with Gasteiger partial charge in [-0.3, -0.25) is 5.10 Å². The van der Waals surface area contributed by atoms with Crippen molar-refractivity contribution in [1.82, 2.24) is 14.9 Å². The van der Waals surface area contributed by atoms with Crippen LogP contribution in [0.1, 0.15) is 31.2 Å². The van der Waals surface area contributed by atoms with Crippen molar-refractivity contribution in [2.45, 2.75) is 19.8 Å². The Bertz CT molecular complexity index is 703. The number of methoxy groups -OCH3 is 2. The molecule has 2 aromatic rings. The van der Waals surface area contributed by atoms with Gasteiger partial charge in [-0.25, -0.2) is 0 Å². The highest BCUT2D eigenvalue weighted by Gasteiger charge is 2.09. The van der Waals surface area contributed by atoms with Gasteiger partial charge in [0.2, 0.25) is 4.77 Å². The lowest BCUT2D eigenvalue weighted by Gasteiger charge is -2.07. The lowest BCUT2D eigenvalue weighted by molar-refractivity contribution is 0.355. The zero-order chi connectivity index (χ0) is 15.4. The quantitative estimate of drug-likeness (QED) is 0.681. The van der Waals surface area contributed by atoms with Crippen molar-refractivity contribution in [3.63, 3.8) is 0 Å². The van der Waals surface area contributed by atoms with Gasteiger partial charge in [-0.05, 0) is 36.0 Å². The molecule has 0 amide bonds. The Labute approximate surface area is 128 Å². The first-order valence-electron chi connectivity index (χ1n) is 6.50. The number of nitrogens with zero attached hydrogens (tertiary/aromatic N) is 3. The topological polar surface area (TPSA) is 64.4 Å². The number of aromatic amines is 1. The fourth-order valence-corrected chi connectivity index (χ4v) is 2.03. The van der Waals surface area contributed by atoms with Crippen molar-refractivity contribution in [3.8, 4) is 11.5 Å². The van der Waals surface area contributed by atoms with Crippen molar-refractivity contribution >= 4 is 18.4 Å². The van der Waals surface area contributed by atoms with E-state index in [2.05, 4.69) is 15.3 Å². The molecule has 0 aliphatic rings. The molecule has 0 saturated carbocycles. The summed E-state index contributed by atoms with van der Waals surface area (Å²) in [7, 11) is 3.20. The van der Waals surface area contributed by atoms with Gasteiger partial charge in [0.25, 0.3) is 0 Å². The van der Waals surface area contributed by atoms with Crippen LogP contribution in [0.15, 0.2) is 23.3 Å². The second-order valence-electron chi connectivity index (χ2n) is 4.71. The van der Waals surface area contributed by atoms with Gasteiger partial charge < -0.3 is 9.47 Å². The minimum atomic E-state index is 0.223. The number of benzene rings is 1. The number of aromatic nitrogens is 3. The summed E-state index contributed by atoms with van der Waals surface area (Å²) in [5.74, 6) is 2.34. The Hall–Kier alpha value is -2.15. The van der Waals surface area contributed by atoms with E-state index in [4.69, 9.17) is 21.7 Å². The van der Waals surface area contributed by atoms with E-state index < -0.39 is 0 Å². The third-order valence-electron chi connectivity index (χ3n) is 2.92. The first-order valence-corrected chi connectivity index (χ1v) is 6.91. The lowest BCUT2D eigenvalue weighted by atomic mass is 10.2. The molecule has 0 fully saturated rings. The van der Waals surface area contributed by atoms with Gasteiger partial charge in [-0.1, -0.05) is 13.8 Å². The highest BCUT2D eigenvalue weighted by atomic mass is 32.1. The Morgan fingerprint density at radius 1 is 1.29 bits per heavy atom. The number of hydrogen-bond donors (Lipinski definition) is 1. The van der Waals surface area contributed by atoms with Crippen LogP contribution < -0.4 is 9.47 Å². The molecule has 6 nitrogen and oxygen atoms in total. The van der Waals surface area contributed by atoms with Crippen LogP contribution in [0, 0.1) is 4.77 Å². The molecule has 0 spiro atoms. The summed E-state index contributed by atoms with van der Waals surface area (Å²) < 4.78 is 12.6. The van der Waals surface area contributed by atoms with Crippen LogP contribution in [0.25, 0.3) is 0 Å². The van der Waals surface area contributed by atoms with E-state index in [1.54, 1.807) is 25.1 Å². The molecule has 0 saturated heterocycles. The van der Waals surface area contributed by atoms with Crippen LogP contribution in [-0.4, -0.2) is 35.3 Å². The number of ether oxygens (including phenoxy) is 2. The summed E-state index contributed by atoms with van der Waals surface area (Å²) in [6.07, 6.45) is 1.71. The van der Waals surface area contributed by atoms with Gasteiger partial charge in [0, 0.05) is 5.92 Å². The van der Waals surface area contributed by atoms with Crippen LogP contribution in [0.2, 0.25) is 0 Å². The fourth-order valence-electron chi connectivity index (χ4n) is 1.85. The van der Waals surface area contributed by atoms with E-state index in [0.29, 0.717) is 16.3 Å². The molecule has 7 heteroatoms. The van der Waals surface area contributed by atoms with Crippen molar-refractivity contribution in [3.05, 3.63) is 34.4 Å². The molecule has 1 aromatic heterocycles. The second-order valence-corrected chi connectivity index (χ2v) is 5.10. The number of nitrogens with one attached hydrogen (secondary N) is 1. The molecule has 0 unspecified atom stereocenters. The summed E-state index contributed by atoms with van der Waals surface area (Å²) in [4.78, 5) is 0. The fraction of sp³-hybridized carbons (Fsp3) is 0.357. The van der Waals surface area contributed by atoms with Crippen molar-refractivity contribution in [2.75, 3.05) is 14.2 Å². The van der Waals surface area contributed by atoms with Crippen molar-refractivity contribution in [2.24, 2.45) is 5.10 Å². The zero-order valence-electron chi connectivity index (χ0n) is 12.5. The molecule has 1 heterocycles. The maximum Gasteiger partial charge on any atom is 0.216 e. The standard InChI is InChI=1S/C14H18N4O2S/c1-9(2)13-16-17-14(21)18(13)15-8-10-5-6-11(19-3)12(7-10)20-4/h5-9H,1-4H3,(H,17,21)/b15-8-. The molecule has 2 rings (SSSR count). The van der Waals surface area contributed by atoms with Crippen LogP contribution in [-0.2, 0) is 0 Å². The SMILES string of the molecule is COc1ccc(/C=N\n2c(C(C)C)n[nH]c2=S)cc1OC. The molecule has 21 heavy (non-hydrogen) atoms. The van der Waals surface area contributed by atoms with Crippen molar-refractivity contribution < 1.29 is 9.47 Å². The van der Waals surface area contributed by atoms with Gasteiger partial charge in [0.1, 0.15) is 0 Å². The third-order valence-corrected chi connectivity index (χ3v) is 3.19. The number of hydrogen-bond acceptors (Lipinski definition) is 5. The molecular weight excluding hydrogens is 288 g/mol. The van der Waals surface area contributed by atoms with Gasteiger partial charge in [-0.15, -0.1) is 0 Å². The Kier molecular flexibility index (Phi) is 4.74. The van der Waals surface area contributed by atoms with Gasteiger partial charge >= 0.3 is 0 Å². The molecule has 1 N–H and O–H groups in total. The molecule has 1 aromatic carbocycles. The van der Waals surface area contributed by atoms with E-state index in [1.165, 1.54) is 0 Å². The van der Waals surface area contributed by atoms with Gasteiger partial charge in [-0.2, -0.15) is 14.9 Å². The third kappa shape index (κ3) is 3.30. The Morgan fingerprint density at radius 3 is 2.62 bits per heavy atom. The summed E-state index contributed by atoms with van der Waals surface area (Å²) in [5, 5.41) is 11.3. The molecule has 0 aliphatic carbocycles. The highest BCUT2D eigenvalue weighted by molar-refractivity contribution is 7.71. The van der Waals surface area contributed by atoms with Crippen LogP contribution in [0.5, 0.6) is 11.5 Å². The average Bonchev–Trinajstić information content (AvgIpc) is 2.86. The summed E-state index contributed by atoms with van der Waals surface area (Å²) in [5.41, 5.74) is 0.880. The van der Waals surface area contributed by atoms with E-state index in [9.17, 15) is 0 Å². The molecule has 0 radical (unpaired) electrons. The molecule has 0 atom stereocenters. The zero-order valence-corrected chi connectivity index (χ0v) is 13.3. The first-order chi connectivity index (χ1) is 10.1. The van der Waals surface area contributed by atoms with Crippen LogP contribution in [0.4, 0.5) is 0 Å². The molecule has 112 valence electrons. The summed E-state index contributed by atoms with van der Waals surface area (Å²) >= 11 is 5.18. The minimum absolute atomic E-state index is 0.223. The van der Waals surface area contributed by atoms with E-state index in [-0.39, 0.29) is 5.92 Å². The summed E-state index contributed by atoms with van der Waals surface area (Å²) in [6, 6.07) is 5.57. The lowest BCUT2D eigenvalue weighted by Crippen LogP contribution is -2.01. The van der Waals surface area contributed by atoms with E-state index in [0.717, 1.165) is 11.4 Å².